The second-order valence-electron chi connectivity index (χ2n) is 1.05. The molecule has 0 fully saturated rings. The number of amides is 1. The summed E-state index contributed by atoms with van der Waals surface area (Å²) in [5.74, 6) is -0.481. The molecule has 0 radical (unpaired) electrons. The molecule has 0 bridgehead atoms. The monoisotopic (exact) mass is 225 g/mol. The first-order chi connectivity index (χ1) is 4.27. The van der Waals surface area contributed by atoms with E-state index in [0.29, 0.717) is 0 Å². The van der Waals surface area contributed by atoms with E-state index in [2.05, 4.69) is 12.3 Å². The summed E-state index contributed by atoms with van der Waals surface area (Å²) in [6.07, 6.45) is 1.06. The number of hydrogen-bond acceptors (Lipinski definition) is 3. The molecule has 11 heavy (non-hydrogen) atoms. The molecule has 0 heterocycles. The van der Waals surface area contributed by atoms with Crippen molar-refractivity contribution in [1.82, 2.24) is 0 Å². The van der Waals surface area contributed by atoms with Gasteiger partial charge >= 0.3 is 10.4 Å². The molecule has 4 N–H and O–H groups in total. The van der Waals surface area contributed by atoms with Crippen molar-refractivity contribution in [2.24, 2.45) is 5.73 Å². The van der Waals surface area contributed by atoms with Gasteiger partial charge in [0, 0.05) is 17.1 Å². The van der Waals surface area contributed by atoms with E-state index in [0.717, 1.165) is 6.08 Å². The molecule has 0 aliphatic carbocycles. The fraction of sp³-hybridized carbons (Fsp3) is 0. The van der Waals surface area contributed by atoms with Crippen molar-refractivity contribution < 1.29 is 39.4 Å². The Bertz CT molecular complexity index is 202. The predicted octanol–water partition coefficient (Wildman–Crippen LogP) is -0.998. The summed E-state index contributed by atoms with van der Waals surface area (Å²) in [5.41, 5.74) is 4.53. The first-order valence-electron chi connectivity index (χ1n) is 1.89. The smallest absolute Gasteiger partial charge is 0.366 e. The largest absolute Gasteiger partial charge is 0.394 e. The number of hydrogen-bond donors (Lipinski definition) is 3. The fourth-order valence-corrected chi connectivity index (χ4v) is 0. The standard InChI is InChI=1S/C3H5NO.Fe.H2O4S/c1-2-3(4)5;;1-5(2,3)4/h2H,1H2,(H2,4,5);;(H2,1,2,3,4). The van der Waals surface area contributed by atoms with Gasteiger partial charge in [-0.15, -0.1) is 0 Å². The Morgan fingerprint density at radius 3 is 1.55 bits per heavy atom. The van der Waals surface area contributed by atoms with E-state index in [1.807, 2.05) is 0 Å². The first-order valence-corrected chi connectivity index (χ1v) is 3.29. The SMILES string of the molecule is C=CC(N)=O.O=S(=O)(O)O.[Fe]. The van der Waals surface area contributed by atoms with Crippen molar-refractivity contribution in [2.45, 2.75) is 0 Å². The molecule has 0 saturated carbocycles. The summed E-state index contributed by atoms with van der Waals surface area (Å²) in [7, 11) is -4.67. The Kier molecular flexibility index (Phi) is 11.8. The van der Waals surface area contributed by atoms with Crippen molar-refractivity contribution in [3.05, 3.63) is 12.7 Å². The molecule has 1 amide bonds. The number of rotatable bonds is 1. The van der Waals surface area contributed by atoms with E-state index in [1.54, 1.807) is 0 Å². The van der Waals surface area contributed by atoms with E-state index >= 15 is 0 Å². The van der Waals surface area contributed by atoms with Gasteiger partial charge in [-0.05, 0) is 6.08 Å². The molecule has 0 spiro atoms. The first kappa shape index (κ1) is 16.9. The Hall–Kier alpha value is -0.401. The molecule has 68 valence electrons. The van der Waals surface area contributed by atoms with Crippen LogP contribution >= 0.6 is 0 Å². The zero-order valence-electron chi connectivity index (χ0n) is 5.24. The van der Waals surface area contributed by atoms with Crippen molar-refractivity contribution in [3.63, 3.8) is 0 Å². The van der Waals surface area contributed by atoms with Gasteiger partial charge in [0.2, 0.25) is 5.91 Å². The zero-order valence-corrected chi connectivity index (χ0v) is 7.16. The molecule has 0 rings (SSSR count). The molecule has 0 aliphatic rings. The molecule has 6 nitrogen and oxygen atoms in total. The molecule has 0 saturated heterocycles. The minimum absolute atomic E-state index is 0. The van der Waals surface area contributed by atoms with Gasteiger partial charge in [0.15, 0.2) is 0 Å². The third kappa shape index (κ3) is 217. The predicted molar refractivity (Wildman–Crippen MR) is 33.6 cm³/mol. The third-order valence-corrected chi connectivity index (χ3v) is 0.201. The van der Waals surface area contributed by atoms with Crippen molar-refractivity contribution in [2.75, 3.05) is 0 Å². The number of carbonyl (C=O) groups excluding carboxylic acids is 1. The molecule has 0 unspecified atom stereocenters. The van der Waals surface area contributed by atoms with Crippen molar-refractivity contribution >= 4 is 16.3 Å². The summed E-state index contributed by atoms with van der Waals surface area (Å²) < 4.78 is 31.6. The summed E-state index contributed by atoms with van der Waals surface area (Å²) in [4.78, 5) is 9.47. The topological polar surface area (TPSA) is 118 Å². The molecular weight excluding hydrogens is 218 g/mol. The minimum atomic E-state index is -4.67. The maximum Gasteiger partial charge on any atom is 0.394 e. The maximum atomic E-state index is 9.47. The van der Waals surface area contributed by atoms with Gasteiger partial charge in [0.1, 0.15) is 0 Å². The van der Waals surface area contributed by atoms with Crippen LogP contribution in [0.15, 0.2) is 12.7 Å². The number of carbonyl (C=O) groups is 1. The van der Waals surface area contributed by atoms with Gasteiger partial charge < -0.3 is 5.73 Å². The summed E-state index contributed by atoms with van der Waals surface area (Å²) in [6, 6.07) is 0. The Labute approximate surface area is 74.5 Å². The molecular formula is C3H7FeNO5S. The molecule has 0 aromatic heterocycles. The Morgan fingerprint density at radius 2 is 1.55 bits per heavy atom. The van der Waals surface area contributed by atoms with Crippen LogP contribution in [-0.2, 0) is 32.3 Å². The maximum absolute atomic E-state index is 9.47. The van der Waals surface area contributed by atoms with Gasteiger partial charge in [-0.2, -0.15) is 8.42 Å². The molecule has 0 aliphatic heterocycles. The average Bonchev–Trinajstić information content (AvgIpc) is 1.61. The van der Waals surface area contributed by atoms with E-state index in [4.69, 9.17) is 17.5 Å². The molecule has 0 atom stereocenters. The zero-order chi connectivity index (χ0) is 8.78. The van der Waals surface area contributed by atoms with Gasteiger partial charge in [-0.1, -0.05) is 6.58 Å². The fourth-order valence-electron chi connectivity index (χ4n) is 0. The van der Waals surface area contributed by atoms with Crippen molar-refractivity contribution in [3.8, 4) is 0 Å². The second kappa shape index (κ2) is 7.70. The van der Waals surface area contributed by atoms with E-state index < -0.39 is 16.3 Å². The molecule has 0 aromatic rings. The van der Waals surface area contributed by atoms with Crippen molar-refractivity contribution in [1.29, 1.82) is 0 Å². The summed E-state index contributed by atoms with van der Waals surface area (Å²) in [6.45, 7) is 3.09. The molecule has 0 aromatic carbocycles. The van der Waals surface area contributed by atoms with Gasteiger partial charge in [-0.3, -0.25) is 13.9 Å². The Morgan fingerprint density at radius 1 is 1.45 bits per heavy atom. The minimum Gasteiger partial charge on any atom is -0.366 e. The van der Waals surface area contributed by atoms with Crippen LogP contribution in [0.4, 0.5) is 0 Å². The van der Waals surface area contributed by atoms with Crippen LogP contribution in [0.1, 0.15) is 0 Å². The normalized spacial score (nSPS) is 8.18. The summed E-state index contributed by atoms with van der Waals surface area (Å²) >= 11 is 0. The van der Waals surface area contributed by atoms with Crippen LogP contribution < -0.4 is 5.73 Å². The van der Waals surface area contributed by atoms with Crippen LogP contribution in [0.25, 0.3) is 0 Å². The molecule has 8 heteroatoms. The van der Waals surface area contributed by atoms with Crippen LogP contribution in [0.5, 0.6) is 0 Å². The Balaban J connectivity index is -0.000000107. The van der Waals surface area contributed by atoms with E-state index in [9.17, 15) is 4.79 Å². The average molecular weight is 225 g/mol. The van der Waals surface area contributed by atoms with E-state index in [-0.39, 0.29) is 17.1 Å². The third-order valence-electron chi connectivity index (χ3n) is 0.201. The van der Waals surface area contributed by atoms with Crippen LogP contribution in [-0.4, -0.2) is 23.4 Å². The van der Waals surface area contributed by atoms with Crippen LogP contribution in [0.2, 0.25) is 0 Å². The number of primary amides is 1. The number of nitrogens with two attached hydrogens (primary N) is 1. The van der Waals surface area contributed by atoms with Crippen LogP contribution in [0.3, 0.4) is 0 Å². The quantitative estimate of drug-likeness (QED) is 0.300. The van der Waals surface area contributed by atoms with Crippen LogP contribution in [0, 0.1) is 0 Å². The second-order valence-corrected chi connectivity index (χ2v) is 1.95. The van der Waals surface area contributed by atoms with Gasteiger partial charge in [-0.25, -0.2) is 0 Å². The van der Waals surface area contributed by atoms with Gasteiger partial charge in [0.25, 0.3) is 0 Å². The van der Waals surface area contributed by atoms with E-state index in [1.165, 1.54) is 0 Å². The van der Waals surface area contributed by atoms with Gasteiger partial charge in [0.05, 0.1) is 0 Å². The summed E-state index contributed by atoms with van der Waals surface area (Å²) in [5, 5.41) is 0.